The van der Waals surface area contributed by atoms with Crippen LogP contribution in [0.4, 0.5) is 0 Å². The minimum atomic E-state index is -0.387. The quantitative estimate of drug-likeness (QED) is 0.931. The Labute approximate surface area is 129 Å². The molecule has 3 heterocycles. The number of carbonyl (C=O) groups excluding carboxylic acids is 1. The Morgan fingerprint density at radius 3 is 2.95 bits per heavy atom. The molecule has 1 spiro atoms. The van der Waals surface area contributed by atoms with Crippen LogP contribution < -0.4 is 0 Å². The maximum atomic E-state index is 12.3. The molecule has 3 rings (SSSR count). The molecule has 5 heteroatoms. The number of aliphatic hydroxyl groups is 1. The molecule has 0 radical (unpaired) electrons. The fraction of sp³-hybridized carbons (Fsp3) is 0.688. The summed E-state index contributed by atoms with van der Waals surface area (Å²) in [5.41, 5.74) is 0.857. The monoisotopic (exact) mass is 309 g/mol. The molecule has 2 aliphatic heterocycles. The topological polar surface area (TPSA) is 49.8 Å². The van der Waals surface area contributed by atoms with Gasteiger partial charge in [-0.25, -0.2) is 0 Å². The van der Waals surface area contributed by atoms with Crippen molar-refractivity contribution in [1.29, 1.82) is 0 Å². The number of hydrogen-bond donors (Lipinski definition) is 1. The lowest BCUT2D eigenvalue weighted by Gasteiger charge is -2.46. The van der Waals surface area contributed by atoms with E-state index in [4.69, 9.17) is 4.74 Å². The van der Waals surface area contributed by atoms with E-state index in [2.05, 4.69) is 11.4 Å². The molecule has 1 unspecified atom stereocenters. The van der Waals surface area contributed by atoms with Gasteiger partial charge in [0.1, 0.15) is 0 Å². The Bertz CT molecular complexity index is 466. The number of aliphatic hydroxyl groups excluding tert-OH is 1. The van der Waals surface area contributed by atoms with Gasteiger partial charge < -0.3 is 14.7 Å². The highest BCUT2D eigenvalue weighted by molar-refractivity contribution is 7.07. The normalized spacial score (nSPS) is 25.2. The van der Waals surface area contributed by atoms with Gasteiger partial charge >= 0.3 is 0 Å². The zero-order valence-corrected chi connectivity index (χ0v) is 13.1. The molecule has 21 heavy (non-hydrogen) atoms. The van der Waals surface area contributed by atoms with Crippen LogP contribution in [0.1, 0.15) is 37.7 Å². The molecule has 0 aromatic carbocycles. The van der Waals surface area contributed by atoms with Gasteiger partial charge in [-0.15, -0.1) is 0 Å². The summed E-state index contributed by atoms with van der Waals surface area (Å²) in [6.07, 6.45) is 4.32. The largest absolute Gasteiger partial charge is 0.390 e. The number of likely N-dealkylation sites (tertiary alicyclic amines) is 1. The van der Waals surface area contributed by atoms with Crippen LogP contribution in [0.2, 0.25) is 0 Å². The Hall–Kier alpha value is -0.910. The van der Waals surface area contributed by atoms with Crippen LogP contribution in [0, 0.1) is 0 Å². The number of piperidine rings is 1. The molecule has 0 aliphatic carbocycles. The molecule has 116 valence electrons. The Kier molecular flexibility index (Phi) is 4.62. The molecule has 0 bridgehead atoms. The van der Waals surface area contributed by atoms with E-state index in [0.717, 1.165) is 38.7 Å². The molecule has 1 aromatic heterocycles. The van der Waals surface area contributed by atoms with E-state index in [0.29, 0.717) is 19.5 Å². The third-order valence-electron chi connectivity index (χ3n) is 4.79. The maximum Gasteiger partial charge on any atom is 0.222 e. The summed E-state index contributed by atoms with van der Waals surface area (Å²) in [7, 11) is 0. The van der Waals surface area contributed by atoms with E-state index < -0.39 is 0 Å². The summed E-state index contributed by atoms with van der Waals surface area (Å²) in [5.74, 6) is 0.223. The second kappa shape index (κ2) is 6.46. The first-order valence-corrected chi connectivity index (χ1v) is 8.75. The lowest BCUT2D eigenvalue weighted by atomic mass is 9.82. The zero-order chi connectivity index (χ0) is 14.7. The SMILES string of the molecule is O=C(CCc1ccsc1)N1CCC2(CC1)OCCCC2O. The van der Waals surface area contributed by atoms with E-state index in [1.165, 1.54) is 5.56 Å². The number of amides is 1. The van der Waals surface area contributed by atoms with Crippen molar-refractivity contribution in [1.82, 2.24) is 4.90 Å². The van der Waals surface area contributed by atoms with Crippen molar-refractivity contribution in [3.05, 3.63) is 22.4 Å². The van der Waals surface area contributed by atoms with Crippen LogP contribution in [-0.2, 0) is 16.0 Å². The molecule has 1 atom stereocenters. The van der Waals surface area contributed by atoms with Gasteiger partial charge in [0, 0.05) is 26.1 Å². The molecule has 2 aliphatic rings. The lowest BCUT2D eigenvalue weighted by molar-refractivity contribution is -0.179. The number of hydrogen-bond acceptors (Lipinski definition) is 4. The molecule has 1 aromatic rings. The van der Waals surface area contributed by atoms with E-state index >= 15 is 0 Å². The average molecular weight is 309 g/mol. The number of aryl methyl sites for hydroxylation is 1. The first-order valence-electron chi connectivity index (χ1n) is 7.80. The second-order valence-electron chi connectivity index (χ2n) is 6.08. The molecule has 1 amide bonds. The molecule has 1 N–H and O–H groups in total. The second-order valence-corrected chi connectivity index (χ2v) is 6.86. The number of carbonyl (C=O) groups is 1. The third-order valence-corrected chi connectivity index (χ3v) is 5.52. The summed E-state index contributed by atoms with van der Waals surface area (Å²) in [6.45, 7) is 2.15. The van der Waals surface area contributed by atoms with E-state index in [1.807, 2.05) is 10.3 Å². The highest BCUT2D eigenvalue weighted by atomic mass is 32.1. The highest BCUT2D eigenvalue weighted by Crippen LogP contribution is 2.35. The highest BCUT2D eigenvalue weighted by Gasteiger charge is 2.44. The van der Waals surface area contributed by atoms with Crippen molar-refractivity contribution >= 4 is 17.2 Å². The van der Waals surface area contributed by atoms with Gasteiger partial charge in [-0.05, 0) is 54.5 Å². The number of nitrogens with zero attached hydrogens (tertiary/aromatic N) is 1. The zero-order valence-electron chi connectivity index (χ0n) is 12.3. The number of rotatable bonds is 3. The van der Waals surface area contributed by atoms with Gasteiger partial charge in [0.2, 0.25) is 5.91 Å². The first kappa shape index (κ1) is 15.0. The molecule has 4 nitrogen and oxygen atoms in total. The Balaban J connectivity index is 1.49. The molecule has 2 fully saturated rings. The molecule has 2 saturated heterocycles. The Morgan fingerprint density at radius 1 is 1.48 bits per heavy atom. The van der Waals surface area contributed by atoms with Crippen molar-refractivity contribution in [3.8, 4) is 0 Å². The van der Waals surface area contributed by atoms with Crippen molar-refractivity contribution in [2.45, 2.75) is 50.2 Å². The number of ether oxygens (including phenoxy) is 1. The molecule has 0 saturated carbocycles. The van der Waals surface area contributed by atoms with Crippen molar-refractivity contribution in [3.63, 3.8) is 0 Å². The summed E-state index contributed by atoms with van der Waals surface area (Å²) in [6, 6.07) is 2.08. The van der Waals surface area contributed by atoms with Crippen molar-refractivity contribution in [2.75, 3.05) is 19.7 Å². The fourth-order valence-electron chi connectivity index (χ4n) is 3.37. The standard InChI is InChI=1S/C16H23NO3S/c18-14-2-1-10-20-16(14)6-8-17(9-7-16)15(19)4-3-13-5-11-21-12-13/h5,11-12,14,18H,1-4,6-10H2. The van der Waals surface area contributed by atoms with E-state index in [-0.39, 0.29) is 17.6 Å². The molecular formula is C16H23NO3S. The maximum absolute atomic E-state index is 12.3. The van der Waals surface area contributed by atoms with E-state index in [9.17, 15) is 9.90 Å². The first-order chi connectivity index (χ1) is 10.2. The van der Waals surface area contributed by atoms with Crippen LogP contribution in [0.25, 0.3) is 0 Å². The minimum Gasteiger partial charge on any atom is -0.390 e. The van der Waals surface area contributed by atoms with Crippen LogP contribution in [0.15, 0.2) is 16.8 Å². The minimum absolute atomic E-state index is 0.223. The summed E-state index contributed by atoms with van der Waals surface area (Å²) < 4.78 is 5.88. The lowest BCUT2D eigenvalue weighted by Crippen LogP contribution is -2.56. The van der Waals surface area contributed by atoms with Crippen LogP contribution in [0.5, 0.6) is 0 Å². The Morgan fingerprint density at radius 2 is 2.29 bits per heavy atom. The van der Waals surface area contributed by atoms with Crippen LogP contribution >= 0.6 is 11.3 Å². The van der Waals surface area contributed by atoms with Gasteiger partial charge in [-0.2, -0.15) is 11.3 Å². The van der Waals surface area contributed by atoms with Crippen LogP contribution in [-0.4, -0.2) is 47.3 Å². The van der Waals surface area contributed by atoms with Gasteiger partial charge in [0.15, 0.2) is 0 Å². The van der Waals surface area contributed by atoms with Crippen LogP contribution in [0.3, 0.4) is 0 Å². The summed E-state index contributed by atoms with van der Waals surface area (Å²) >= 11 is 1.67. The molecular weight excluding hydrogens is 286 g/mol. The van der Waals surface area contributed by atoms with Gasteiger partial charge in [-0.1, -0.05) is 0 Å². The third kappa shape index (κ3) is 3.30. The predicted molar refractivity (Wildman–Crippen MR) is 82.4 cm³/mol. The fourth-order valence-corrected chi connectivity index (χ4v) is 4.07. The smallest absolute Gasteiger partial charge is 0.222 e. The van der Waals surface area contributed by atoms with Gasteiger partial charge in [-0.3, -0.25) is 4.79 Å². The summed E-state index contributed by atoms with van der Waals surface area (Å²) in [5, 5.41) is 14.4. The van der Waals surface area contributed by atoms with Gasteiger partial charge in [0.25, 0.3) is 0 Å². The number of thiophene rings is 1. The predicted octanol–water partition coefficient (Wildman–Crippen LogP) is 2.21. The average Bonchev–Trinajstić information content (AvgIpc) is 3.02. The summed E-state index contributed by atoms with van der Waals surface area (Å²) in [4.78, 5) is 14.2. The van der Waals surface area contributed by atoms with Gasteiger partial charge in [0.05, 0.1) is 11.7 Å². The van der Waals surface area contributed by atoms with Crippen molar-refractivity contribution in [2.24, 2.45) is 0 Å². The van der Waals surface area contributed by atoms with E-state index in [1.54, 1.807) is 11.3 Å². The van der Waals surface area contributed by atoms with Crippen molar-refractivity contribution < 1.29 is 14.6 Å².